The molecule has 1 amide bonds. The van der Waals surface area contributed by atoms with Crippen molar-refractivity contribution in [3.63, 3.8) is 0 Å². The predicted octanol–water partition coefficient (Wildman–Crippen LogP) is 2.36. The van der Waals surface area contributed by atoms with Crippen molar-refractivity contribution in [1.29, 1.82) is 0 Å². The third-order valence-corrected chi connectivity index (χ3v) is 5.11. The highest BCUT2D eigenvalue weighted by Crippen LogP contribution is 2.38. The van der Waals surface area contributed by atoms with Gasteiger partial charge in [-0.1, -0.05) is 12.1 Å². The molecule has 0 fully saturated rings. The van der Waals surface area contributed by atoms with Gasteiger partial charge in [-0.25, -0.2) is 8.42 Å². The fourth-order valence-electron chi connectivity index (χ4n) is 2.44. The molecule has 2 rings (SSSR count). The highest BCUT2D eigenvalue weighted by atomic mass is 32.2. The van der Waals surface area contributed by atoms with Crippen molar-refractivity contribution in [3.8, 4) is 17.2 Å². The molecule has 0 aliphatic rings. The number of benzene rings is 2. The highest BCUT2D eigenvalue weighted by molar-refractivity contribution is 7.92. The maximum absolute atomic E-state index is 12.7. The van der Waals surface area contributed by atoms with Crippen LogP contribution in [0.25, 0.3) is 0 Å². The first-order valence-electron chi connectivity index (χ1n) is 7.87. The molecule has 1 N–H and O–H groups in total. The Morgan fingerprint density at radius 1 is 1.00 bits per heavy atom. The number of rotatable bonds is 7. The SMILES string of the molecule is COc1cc(C(=O)Nc2ccccc2N(C)S(C)(=O)=O)cc(OC)c1OC. The smallest absolute Gasteiger partial charge is 0.255 e. The lowest BCUT2D eigenvalue weighted by atomic mass is 10.1. The lowest BCUT2D eigenvalue weighted by Gasteiger charge is -2.20. The topological polar surface area (TPSA) is 94.2 Å². The summed E-state index contributed by atoms with van der Waals surface area (Å²) in [5.41, 5.74) is 0.964. The van der Waals surface area contributed by atoms with E-state index in [1.165, 1.54) is 40.5 Å². The van der Waals surface area contributed by atoms with E-state index in [1.54, 1.807) is 24.3 Å². The second-order valence-electron chi connectivity index (χ2n) is 5.62. The first-order valence-corrected chi connectivity index (χ1v) is 9.72. The molecule has 2 aromatic carbocycles. The molecule has 0 heterocycles. The molecule has 0 radical (unpaired) electrons. The van der Waals surface area contributed by atoms with Crippen LogP contribution in [0.3, 0.4) is 0 Å². The van der Waals surface area contributed by atoms with Crippen molar-refractivity contribution >= 4 is 27.3 Å². The van der Waals surface area contributed by atoms with E-state index in [4.69, 9.17) is 14.2 Å². The number of anilines is 2. The van der Waals surface area contributed by atoms with Crippen LogP contribution in [0.1, 0.15) is 10.4 Å². The van der Waals surface area contributed by atoms with Crippen LogP contribution in [-0.4, -0.2) is 49.0 Å². The number of para-hydroxylation sites is 2. The zero-order valence-electron chi connectivity index (χ0n) is 15.8. The van der Waals surface area contributed by atoms with Crippen LogP contribution >= 0.6 is 0 Å². The summed E-state index contributed by atoms with van der Waals surface area (Å²) in [6, 6.07) is 9.63. The third kappa shape index (κ3) is 4.43. The van der Waals surface area contributed by atoms with Crippen molar-refractivity contribution in [3.05, 3.63) is 42.0 Å². The number of ether oxygens (including phenoxy) is 3. The molecule has 146 valence electrons. The lowest BCUT2D eigenvalue weighted by molar-refractivity contribution is 0.102. The molecular weight excluding hydrogens is 372 g/mol. The third-order valence-electron chi connectivity index (χ3n) is 3.92. The zero-order chi connectivity index (χ0) is 20.2. The molecule has 0 saturated heterocycles. The average Bonchev–Trinajstić information content (AvgIpc) is 2.65. The summed E-state index contributed by atoms with van der Waals surface area (Å²) in [5, 5.41) is 2.72. The van der Waals surface area contributed by atoms with Gasteiger partial charge in [0.05, 0.1) is 39.0 Å². The molecule has 8 nitrogen and oxygen atoms in total. The Balaban J connectivity index is 2.42. The standard InChI is InChI=1S/C18H22N2O6S/c1-20(27(5,22)23)14-9-7-6-8-13(14)19-18(21)12-10-15(24-2)17(26-4)16(11-12)25-3/h6-11H,1-5H3,(H,19,21). The monoisotopic (exact) mass is 394 g/mol. The molecule has 0 bridgehead atoms. The number of nitrogens with zero attached hydrogens (tertiary/aromatic N) is 1. The fourth-order valence-corrected chi connectivity index (χ4v) is 2.96. The van der Waals surface area contributed by atoms with Gasteiger partial charge in [0.1, 0.15) is 0 Å². The van der Waals surface area contributed by atoms with Gasteiger partial charge in [0, 0.05) is 12.6 Å². The van der Waals surface area contributed by atoms with Gasteiger partial charge < -0.3 is 19.5 Å². The summed E-state index contributed by atoms with van der Waals surface area (Å²) in [6.45, 7) is 0. The van der Waals surface area contributed by atoms with Crippen molar-refractivity contribution in [2.24, 2.45) is 0 Å². The Labute approximate surface area is 158 Å². The molecular formula is C18H22N2O6S. The number of hydrogen-bond donors (Lipinski definition) is 1. The predicted molar refractivity (Wildman–Crippen MR) is 104 cm³/mol. The largest absolute Gasteiger partial charge is 0.493 e. The summed E-state index contributed by atoms with van der Waals surface area (Å²) < 4.78 is 40.5. The lowest BCUT2D eigenvalue weighted by Crippen LogP contribution is -2.26. The van der Waals surface area contributed by atoms with E-state index in [0.29, 0.717) is 28.6 Å². The van der Waals surface area contributed by atoms with Crippen LogP contribution in [0, 0.1) is 0 Å². The number of sulfonamides is 1. The first kappa shape index (κ1) is 20.4. The Morgan fingerprint density at radius 2 is 1.56 bits per heavy atom. The second kappa shape index (κ2) is 8.17. The Kier molecular flexibility index (Phi) is 6.17. The Hall–Kier alpha value is -2.94. The summed E-state index contributed by atoms with van der Waals surface area (Å²) >= 11 is 0. The molecule has 0 aliphatic heterocycles. The van der Waals surface area contributed by atoms with E-state index < -0.39 is 15.9 Å². The molecule has 2 aromatic rings. The van der Waals surface area contributed by atoms with Crippen LogP contribution < -0.4 is 23.8 Å². The zero-order valence-corrected chi connectivity index (χ0v) is 16.6. The van der Waals surface area contributed by atoms with Crippen LogP contribution in [0.2, 0.25) is 0 Å². The molecule has 0 saturated carbocycles. The van der Waals surface area contributed by atoms with Crippen molar-refractivity contribution in [1.82, 2.24) is 0 Å². The van der Waals surface area contributed by atoms with Crippen LogP contribution in [0.15, 0.2) is 36.4 Å². The summed E-state index contributed by atoms with van der Waals surface area (Å²) in [4.78, 5) is 12.7. The molecule has 0 spiro atoms. The molecule has 0 unspecified atom stereocenters. The Bertz CT molecular complexity index is 918. The molecule has 0 aliphatic carbocycles. The summed E-state index contributed by atoms with van der Waals surface area (Å²) in [5.74, 6) is 0.587. The van der Waals surface area contributed by atoms with Crippen molar-refractivity contribution in [2.75, 3.05) is 44.3 Å². The van der Waals surface area contributed by atoms with E-state index in [0.717, 1.165) is 10.6 Å². The van der Waals surface area contributed by atoms with Gasteiger partial charge in [0.2, 0.25) is 15.8 Å². The minimum absolute atomic E-state index is 0.265. The van der Waals surface area contributed by atoms with Crippen LogP contribution in [0.4, 0.5) is 11.4 Å². The molecule has 27 heavy (non-hydrogen) atoms. The maximum Gasteiger partial charge on any atom is 0.255 e. The minimum atomic E-state index is -3.48. The molecule has 0 atom stereocenters. The van der Waals surface area contributed by atoms with E-state index in [2.05, 4.69) is 5.32 Å². The number of carbonyl (C=O) groups is 1. The van der Waals surface area contributed by atoms with E-state index in [9.17, 15) is 13.2 Å². The quantitative estimate of drug-likeness (QED) is 0.775. The van der Waals surface area contributed by atoms with Gasteiger partial charge in [0.25, 0.3) is 5.91 Å². The van der Waals surface area contributed by atoms with E-state index in [-0.39, 0.29) is 5.56 Å². The fraction of sp³-hybridized carbons (Fsp3) is 0.278. The number of amides is 1. The minimum Gasteiger partial charge on any atom is -0.493 e. The van der Waals surface area contributed by atoms with Gasteiger partial charge in [-0.05, 0) is 24.3 Å². The second-order valence-corrected chi connectivity index (χ2v) is 7.63. The van der Waals surface area contributed by atoms with Gasteiger partial charge in [-0.15, -0.1) is 0 Å². The van der Waals surface area contributed by atoms with Crippen molar-refractivity contribution < 1.29 is 27.4 Å². The first-order chi connectivity index (χ1) is 12.7. The normalized spacial score (nSPS) is 10.9. The number of methoxy groups -OCH3 is 3. The van der Waals surface area contributed by atoms with Crippen molar-refractivity contribution in [2.45, 2.75) is 0 Å². The number of hydrogen-bond acceptors (Lipinski definition) is 6. The van der Waals surface area contributed by atoms with E-state index in [1.807, 2.05) is 0 Å². The maximum atomic E-state index is 12.7. The average molecular weight is 394 g/mol. The van der Waals surface area contributed by atoms with Crippen LogP contribution in [0.5, 0.6) is 17.2 Å². The van der Waals surface area contributed by atoms with Gasteiger partial charge >= 0.3 is 0 Å². The Morgan fingerprint density at radius 3 is 2.04 bits per heavy atom. The van der Waals surface area contributed by atoms with Gasteiger partial charge in [-0.3, -0.25) is 9.10 Å². The molecule has 0 aromatic heterocycles. The summed E-state index contributed by atoms with van der Waals surface area (Å²) in [7, 11) is 2.31. The number of nitrogens with one attached hydrogen (secondary N) is 1. The van der Waals surface area contributed by atoms with Crippen LogP contribution in [-0.2, 0) is 10.0 Å². The van der Waals surface area contributed by atoms with Gasteiger partial charge in [-0.2, -0.15) is 0 Å². The van der Waals surface area contributed by atoms with Gasteiger partial charge in [0.15, 0.2) is 11.5 Å². The van der Waals surface area contributed by atoms with E-state index >= 15 is 0 Å². The number of carbonyl (C=O) groups excluding carboxylic acids is 1. The summed E-state index contributed by atoms with van der Waals surface area (Å²) in [6.07, 6.45) is 1.09. The molecule has 9 heteroatoms. The highest BCUT2D eigenvalue weighted by Gasteiger charge is 2.20.